The van der Waals surface area contributed by atoms with E-state index >= 15 is 0 Å². The molecule has 122 valence electrons. The normalized spacial score (nSPS) is 23.2. The van der Waals surface area contributed by atoms with Crippen molar-refractivity contribution in [3.05, 3.63) is 0 Å². The van der Waals surface area contributed by atoms with Crippen LogP contribution in [0.2, 0.25) is 0 Å². The van der Waals surface area contributed by atoms with Crippen LogP contribution in [0.5, 0.6) is 0 Å². The molecule has 0 N–H and O–H groups in total. The Bertz CT molecular complexity index is 345. The monoisotopic (exact) mass is 298 g/mol. The average Bonchev–Trinajstić information content (AvgIpc) is 2.84. The smallest absolute Gasteiger partial charge is 0.222 e. The molecule has 1 amide bonds. The number of carbonyl (C=O) groups is 1. The summed E-state index contributed by atoms with van der Waals surface area (Å²) in [6.07, 6.45) is 2.74. The molecule has 0 aromatic rings. The van der Waals surface area contributed by atoms with Crippen LogP contribution in [0.25, 0.3) is 0 Å². The first-order valence-corrected chi connectivity index (χ1v) is 8.15. The third-order valence-electron chi connectivity index (χ3n) is 4.46. The second-order valence-electron chi connectivity index (χ2n) is 6.96. The van der Waals surface area contributed by atoms with Crippen LogP contribution < -0.4 is 0 Å². The maximum atomic E-state index is 12.1. The van der Waals surface area contributed by atoms with E-state index in [0.29, 0.717) is 37.5 Å². The van der Waals surface area contributed by atoms with Crippen molar-refractivity contribution in [2.75, 3.05) is 39.9 Å². The number of likely N-dealkylation sites (tertiary alicyclic amines) is 1. The van der Waals surface area contributed by atoms with Crippen LogP contribution in [0.1, 0.15) is 40.0 Å². The number of likely N-dealkylation sites (N-methyl/N-ethyl adjacent to an activating group) is 1. The minimum absolute atomic E-state index is 0.306. The number of amides is 1. The lowest BCUT2D eigenvalue weighted by Gasteiger charge is -2.39. The molecule has 0 radical (unpaired) electrons. The summed E-state index contributed by atoms with van der Waals surface area (Å²) in [4.78, 5) is 16.4. The standard InChI is InChI=1S/C16H30N2O3/c1-13(2)11-15(19)18-7-5-14(6-8-18)17(4)12-16(3)20-9-10-21-16/h13-14H,5-12H2,1-4H3. The van der Waals surface area contributed by atoms with Crippen molar-refractivity contribution in [2.24, 2.45) is 5.92 Å². The average molecular weight is 298 g/mol. The highest BCUT2D eigenvalue weighted by Crippen LogP contribution is 2.23. The number of nitrogens with zero attached hydrogens (tertiary/aromatic N) is 2. The van der Waals surface area contributed by atoms with Gasteiger partial charge in [-0.1, -0.05) is 13.8 Å². The Balaban J connectivity index is 1.76. The molecular weight excluding hydrogens is 268 g/mol. The first-order chi connectivity index (χ1) is 9.89. The number of hydrogen-bond donors (Lipinski definition) is 0. The van der Waals surface area contributed by atoms with Crippen LogP contribution in [0.3, 0.4) is 0 Å². The lowest BCUT2D eigenvalue weighted by atomic mass is 10.0. The van der Waals surface area contributed by atoms with E-state index in [1.54, 1.807) is 0 Å². The van der Waals surface area contributed by atoms with E-state index in [1.807, 2.05) is 11.8 Å². The van der Waals surface area contributed by atoms with E-state index in [1.165, 1.54) is 0 Å². The van der Waals surface area contributed by atoms with Crippen molar-refractivity contribution >= 4 is 5.91 Å². The number of hydrogen-bond acceptors (Lipinski definition) is 4. The number of ether oxygens (including phenoxy) is 2. The zero-order chi connectivity index (χ0) is 15.5. The highest BCUT2D eigenvalue weighted by atomic mass is 16.7. The van der Waals surface area contributed by atoms with Gasteiger partial charge in [0.15, 0.2) is 5.79 Å². The third-order valence-corrected chi connectivity index (χ3v) is 4.46. The number of piperidine rings is 1. The molecule has 2 fully saturated rings. The lowest BCUT2D eigenvalue weighted by molar-refractivity contribution is -0.159. The summed E-state index contributed by atoms with van der Waals surface area (Å²) in [5.74, 6) is 0.286. The maximum absolute atomic E-state index is 12.1. The molecule has 0 unspecified atom stereocenters. The molecule has 0 saturated carbocycles. The zero-order valence-electron chi connectivity index (χ0n) is 13.9. The summed E-state index contributed by atoms with van der Waals surface area (Å²) in [7, 11) is 2.13. The zero-order valence-corrected chi connectivity index (χ0v) is 13.9. The topological polar surface area (TPSA) is 42.0 Å². The fourth-order valence-corrected chi connectivity index (χ4v) is 3.26. The summed E-state index contributed by atoms with van der Waals surface area (Å²) >= 11 is 0. The molecular formula is C16H30N2O3. The molecule has 0 aliphatic carbocycles. The lowest BCUT2D eigenvalue weighted by Crippen LogP contribution is -2.49. The Morgan fingerprint density at radius 2 is 1.86 bits per heavy atom. The number of rotatable bonds is 5. The van der Waals surface area contributed by atoms with Crippen LogP contribution in [0.4, 0.5) is 0 Å². The minimum Gasteiger partial charge on any atom is -0.347 e. The van der Waals surface area contributed by atoms with Crippen LogP contribution in [-0.4, -0.2) is 67.4 Å². The van der Waals surface area contributed by atoms with Gasteiger partial charge in [0.2, 0.25) is 5.91 Å². The van der Waals surface area contributed by atoms with E-state index in [9.17, 15) is 4.79 Å². The molecule has 5 heteroatoms. The SMILES string of the molecule is CC(C)CC(=O)N1CCC(N(C)CC2(C)OCCO2)CC1. The van der Waals surface area contributed by atoms with Crippen LogP contribution in [-0.2, 0) is 14.3 Å². The van der Waals surface area contributed by atoms with E-state index in [-0.39, 0.29) is 0 Å². The van der Waals surface area contributed by atoms with Crippen molar-refractivity contribution in [3.8, 4) is 0 Å². The van der Waals surface area contributed by atoms with Crippen molar-refractivity contribution in [1.29, 1.82) is 0 Å². The van der Waals surface area contributed by atoms with Crippen molar-refractivity contribution < 1.29 is 14.3 Å². The van der Waals surface area contributed by atoms with Crippen molar-refractivity contribution in [3.63, 3.8) is 0 Å². The Morgan fingerprint density at radius 3 is 2.38 bits per heavy atom. The summed E-state index contributed by atoms with van der Waals surface area (Å²) in [5, 5.41) is 0. The summed E-state index contributed by atoms with van der Waals surface area (Å²) in [5.41, 5.74) is 0. The highest BCUT2D eigenvalue weighted by molar-refractivity contribution is 5.76. The Labute approximate surface area is 128 Å². The molecule has 0 aromatic heterocycles. The third kappa shape index (κ3) is 4.66. The van der Waals surface area contributed by atoms with Crippen LogP contribution in [0.15, 0.2) is 0 Å². The molecule has 21 heavy (non-hydrogen) atoms. The molecule has 2 aliphatic rings. The molecule has 2 heterocycles. The van der Waals surface area contributed by atoms with Gasteiger partial charge in [0, 0.05) is 25.6 Å². The second kappa shape index (κ2) is 7.07. The molecule has 0 bridgehead atoms. The van der Waals surface area contributed by atoms with Gasteiger partial charge in [-0.25, -0.2) is 0 Å². The molecule has 0 aromatic carbocycles. The first-order valence-electron chi connectivity index (χ1n) is 8.15. The highest BCUT2D eigenvalue weighted by Gasteiger charge is 2.35. The summed E-state index contributed by atoms with van der Waals surface area (Å²) in [6, 6.07) is 0.512. The minimum atomic E-state index is -0.459. The van der Waals surface area contributed by atoms with E-state index < -0.39 is 5.79 Å². The van der Waals surface area contributed by atoms with Gasteiger partial charge in [0.05, 0.1) is 19.8 Å². The van der Waals surface area contributed by atoms with Crippen LogP contribution in [0, 0.1) is 5.92 Å². The van der Waals surface area contributed by atoms with Gasteiger partial charge in [-0.2, -0.15) is 0 Å². The quantitative estimate of drug-likeness (QED) is 0.775. The largest absolute Gasteiger partial charge is 0.347 e. The van der Waals surface area contributed by atoms with E-state index in [4.69, 9.17) is 9.47 Å². The second-order valence-corrected chi connectivity index (χ2v) is 6.96. The number of carbonyl (C=O) groups excluding carboxylic acids is 1. The summed E-state index contributed by atoms with van der Waals surface area (Å²) < 4.78 is 11.4. The first kappa shape index (κ1) is 16.7. The van der Waals surface area contributed by atoms with E-state index in [2.05, 4.69) is 25.8 Å². The Kier molecular flexibility index (Phi) is 5.63. The predicted molar refractivity (Wildman–Crippen MR) is 82.0 cm³/mol. The molecule has 2 aliphatic heterocycles. The molecule has 2 rings (SSSR count). The van der Waals surface area contributed by atoms with Crippen molar-refractivity contribution in [2.45, 2.75) is 51.9 Å². The van der Waals surface area contributed by atoms with Gasteiger partial charge >= 0.3 is 0 Å². The molecule has 5 nitrogen and oxygen atoms in total. The molecule has 0 atom stereocenters. The fraction of sp³-hybridized carbons (Fsp3) is 0.938. The predicted octanol–water partition coefficient (Wildman–Crippen LogP) is 1.72. The van der Waals surface area contributed by atoms with Gasteiger partial charge in [-0.05, 0) is 32.7 Å². The maximum Gasteiger partial charge on any atom is 0.222 e. The Morgan fingerprint density at radius 1 is 1.29 bits per heavy atom. The van der Waals surface area contributed by atoms with Gasteiger partial charge in [-0.3, -0.25) is 9.69 Å². The summed E-state index contributed by atoms with van der Waals surface area (Å²) in [6.45, 7) is 10.1. The van der Waals surface area contributed by atoms with Gasteiger partial charge < -0.3 is 14.4 Å². The van der Waals surface area contributed by atoms with Crippen molar-refractivity contribution in [1.82, 2.24) is 9.80 Å². The molecule has 2 saturated heterocycles. The van der Waals surface area contributed by atoms with Gasteiger partial charge in [0.25, 0.3) is 0 Å². The molecule has 0 spiro atoms. The van der Waals surface area contributed by atoms with Crippen LogP contribution >= 0.6 is 0 Å². The Hall–Kier alpha value is -0.650. The van der Waals surface area contributed by atoms with Gasteiger partial charge in [-0.15, -0.1) is 0 Å². The van der Waals surface area contributed by atoms with Gasteiger partial charge in [0.1, 0.15) is 0 Å². The van der Waals surface area contributed by atoms with E-state index in [0.717, 1.165) is 32.5 Å². The fourth-order valence-electron chi connectivity index (χ4n) is 3.26.